The van der Waals surface area contributed by atoms with Gasteiger partial charge in [0.25, 0.3) is 0 Å². The van der Waals surface area contributed by atoms with E-state index in [1.54, 1.807) is 0 Å². The van der Waals surface area contributed by atoms with Crippen molar-refractivity contribution in [3.05, 3.63) is 259 Å². The van der Waals surface area contributed by atoms with Gasteiger partial charge in [0.1, 0.15) is 0 Å². The van der Waals surface area contributed by atoms with E-state index >= 15 is 0 Å². The van der Waals surface area contributed by atoms with Crippen LogP contribution in [-0.4, -0.2) is 0 Å². The number of benzene rings is 9. The van der Waals surface area contributed by atoms with Crippen LogP contribution in [0.3, 0.4) is 0 Å². The molecule has 0 fully saturated rings. The monoisotopic (exact) mass is 713 g/mol. The highest BCUT2D eigenvalue weighted by atomic mass is 15.1. The molecule has 0 atom stereocenters. The molecule has 264 valence electrons. The summed E-state index contributed by atoms with van der Waals surface area (Å²) in [4.78, 5) is 2.47. The lowest BCUT2D eigenvalue weighted by Crippen LogP contribution is -2.28. The van der Waals surface area contributed by atoms with Crippen molar-refractivity contribution in [3.8, 4) is 44.5 Å². The summed E-state index contributed by atoms with van der Waals surface area (Å²) in [7, 11) is 0. The van der Waals surface area contributed by atoms with Gasteiger partial charge in [-0.3, -0.25) is 0 Å². The number of anilines is 3. The Balaban J connectivity index is 1.29. The molecule has 9 aromatic carbocycles. The molecule has 9 aromatic rings. The number of hydrogen-bond donors (Lipinski definition) is 0. The van der Waals surface area contributed by atoms with E-state index in [0.717, 1.165) is 17.1 Å². The van der Waals surface area contributed by atoms with Crippen LogP contribution in [-0.2, 0) is 5.41 Å². The van der Waals surface area contributed by atoms with Gasteiger partial charge in [-0.2, -0.15) is 0 Å². The zero-order chi connectivity index (χ0) is 37.3. The van der Waals surface area contributed by atoms with Crippen LogP contribution < -0.4 is 4.90 Å². The summed E-state index contributed by atoms with van der Waals surface area (Å²) in [5, 5.41) is 0. The van der Waals surface area contributed by atoms with Crippen molar-refractivity contribution in [1.29, 1.82) is 0 Å². The summed E-state index contributed by atoms with van der Waals surface area (Å²) in [6.07, 6.45) is 0. The smallest absolute Gasteiger partial charge is 0.0714 e. The van der Waals surface area contributed by atoms with Crippen molar-refractivity contribution in [2.45, 2.75) is 5.41 Å². The van der Waals surface area contributed by atoms with E-state index in [9.17, 15) is 0 Å². The van der Waals surface area contributed by atoms with E-state index in [1.165, 1.54) is 66.8 Å². The van der Waals surface area contributed by atoms with Gasteiger partial charge in [0.15, 0.2) is 0 Å². The molecule has 1 aliphatic rings. The first-order chi connectivity index (χ1) is 27.8. The average Bonchev–Trinajstić information content (AvgIpc) is 3.58. The molecular formula is C55H39N. The van der Waals surface area contributed by atoms with Gasteiger partial charge in [0, 0.05) is 16.9 Å². The Morgan fingerprint density at radius 2 is 0.750 bits per heavy atom. The van der Waals surface area contributed by atoms with Gasteiger partial charge in [-0.15, -0.1) is 0 Å². The Morgan fingerprint density at radius 3 is 1.38 bits per heavy atom. The van der Waals surface area contributed by atoms with E-state index in [1.807, 2.05) is 0 Å². The molecule has 0 unspecified atom stereocenters. The lowest BCUT2D eigenvalue weighted by molar-refractivity contribution is 0.768. The van der Waals surface area contributed by atoms with E-state index in [2.05, 4.69) is 241 Å². The Kier molecular flexibility index (Phi) is 8.46. The third kappa shape index (κ3) is 5.48. The molecule has 0 saturated carbocycles. The van der Waals surface area contributed by atoms with Crippen molar-refractivity contribution in [2.24, 2.45) is 0 Å². The number of fused-ring (bicyclic) bond motifs is 3. The second-order valence-electron chi connectivity index (χ2n) is 14.4. The fourth-order valence-corrected chi connectivity index (χ4v) is 9.01. The number of hydrogen-bond acceptors (Lipinski definition) is 1. The topological polar surface area (TPSA) is 3.24 Å². The number of rotatable bonds is 8. The van der Waals surface area contributed by atoms with E-state index in [0.29, 0.717) is 0 Å². The highest BCUT2D eigenvalue weighted by Gasteiger charge is 2.46. The molecule has 1 nitrogen and oxygen atoms in total. The quantitative estimate of drug-likeness (QED) is 0.152. The van der Waals surface area contributed by atoms with Crippen LogP contribution in [0, 0.1) is 0 Å². The predicted octanol–water partition coefficient (Wildman–Crippen LogP) is 14.5. The summed E-state index contributed by atoms with van der Waals surface area (Å²) in [5.41, 5.74) is 17.5. The third-order valence-electron chi connectivity index (χ3n) is 11.4. The number of para-hydroxylation sites is 1. The average molecular weight is 714 g/mol. The molecule has 1 aliphatic carbocycles. The highest BCUT2D eigenvalue weighted by Crippen LogP contribution is 2.58. The molecule has 56 heavy (non-hydrogen) atoms. The SMILES string of the molecule is c1ccc(-c2ccccc2-c2c(-c3ccccc3)cccc2N(c2ccccc2)c2ccc3c(c2)C(c2ccccc2)(c2ccccc2)c2ccccc2-3)cc1. The maximum absolute atomic E-state index is 2.47. The minimum atomic E-state index is -0.512. The van der Waals surface area contributed by atoms with Crippen LogP contribution in [0.2, 0.25) is 0 Å². The normalized spacial score (nSPS) is 12.4. The van der Waals surface area contributed by atoms with Crippen LogP contribution in [0.5, 0.6) is 0 Å². The Morgan fingerprint density at radius 1 is 0.286 bits per heavy atom. The van der Waals surface area contributed by atoms with Crippen molar-refractivity contribution < 1.29 is 0 Å². The molecule has 10 rings (SSSR count). The lowest BCUT2D eigenvalue weighted by atomic mass is 9.67. The molecule has 0 bridgehead atoms. The van der Waals surface area contributed by atoms with Gasteiger partial charge in [0.2, 0.25) is 0 Å². The molecule has 0 saturated heterocycles. The fourth-order valence-electron chi connectivity index (χ4n) is 9.01. The lowest BCUT2D eigenvalue weighted by Gasteiger charge is -2.35. The number of nitrogens with zero attached hydrogens (tertiary/aromatic N) is 1. The minimum absolute atomic E-state index is 0.512. The summed E-state index contributed by atoms with van der Waals surface area (Å²) < 4.78 is 0. The molecule has 0 radical (unpaired) electrons. The van der Waals surface area contributed by atoms with Gasteiger partial charge in [-0.1, -0.05) is 206 Å². The maximum Gasteiger partial charge on any atom is 0.0714 e. The van der Waals surface area contributed by atoms with Crippen molar-refractivity contribution >= 4 is 17.1 Å². The maximum atomic E-state index is 2.47. The molecule has 0 heterocycles. The fraction of sp³-hybridized carbons (Fsp3) is 0.0182. The molecule has 0 N–H and O–H groups in total. The zero-order valence-corrected chi connectivity index (χ0v) is 31.0. The standard InChI is InChI=1S/C55H39N/c1-6-21-40(22-7-1)46-31-16-17-33-50(46)54-47(41-23-8-2-9-24-41)34-20-36-53(54)56(44-29-14-5-15-30-44)45-37-38-49-48-32-18-19-35-51(48)55(52(49)39-45,42-25-10-3-11-26-42)43-27-12-4-13-28-43/h1-39H. The first kappa shape index (κ1) is 33.4. The largest absolute Gasteiger partial charge is 0.310 e. The molecule has 0 amide bonds. The van der Waals surface area contributed by atoms with Crippen molar-refractivity contribution in [3.63, 3.8) is 0 Å². The first-order valence-electron chi connectivity index (χ1n) is 19.4. The summed E-state index contributed by atoms with van der Waals surface area (Å²) >= 11 is 0. The van der Waals surface area contributed by atoms with Gasteiger partial charge in [-0.05, 0) is 91.5 Å². The van der Waals surface area contributed by atoms with Crippen LogP contribution in [0.15, 0.2) is 237 Å². The van der Waals surface area contributed by atoms with E-state index < -0.39 is 5.41 Å². The minimum Gasteiger partial charge on any atom is -0.310 e. The van der Waals surface area contributed by atoms with Crippen molar-refractivity contribution in [2.75, 3.05) is 4.90 Å². The van der Waals surface area contributed by atoms with Gasteiger partial charge in [-0.25, -0.2) is 0 Å². The van der Waals surface area contributed by atoms with Crippen LogP contribution in [0.4, 0.5) is 17.1 Å². The van der Waals surface area contributed by atoms with Crippen LogP contribution >= 0.6 is 0 Å². The first-order valence-corrected chi connectivity index (χ1v) is 19.4. The summed E-state index contributed by atoms with van der Waals surface area (Å²) in [6.45, 7) is 0. The predicted molar refractivity (Wildman–Crippen MR) is 235 cm³/mol. The Bertz CT molecular complexity index is 2740. The van der Waals surface area contributed by atoms with E-state index in [-0.39, 0.29) is 0 Å². The van der Waals surface area contributed by atoms with Crippen molar-refractivity contribution in [1.82, 2.24) is 0 Å². The molecular weight excluding hydrogens is 675 g/mol. The second-order valence-corrected chi connectivity index (χ2v) is 14.4. The molecule has 0 spiro atoms. The summed E-state index contributed by atoms with van der Waals surface area (Å²) in [6, 6.07) is 86.2. The highest BCUT2D eigenvalue weighted by molar-refractivity contribution is 6.01. The van der Waals surface area contributed by atoms with Crippen LogP contribution in [0.25, 0.3) is 44.5 Å². The van der Waals surface area contributed by atoms with Crippen LogP contribution in [0.1, 0.15) is 22.3 Å². The second kappa shape index (κ2) is 14.2. The third-order valence-corrected chi connectivity index (χ3v) is 11.4. The Labute approximate surface area is 329 Å². The zero-order valence-electron chi connectivity index (χ0n) is 31.0. The van der Waals surface area contributed by atoms with Gasteiger partial charge >= 0.3 is 0 Å². The van der Waals surface area contributed by atoms with E-state index in [4.69, 9.17) is 0 Å². The van der Waals surface area contributed by atoms with Gasteiger partial charge in [0.05, 0.1) is 11.1 Å². The molecule has 1 heteroatoms. The summed E-state index contributed by atoms with van der Waals surface area (Å²) in [5.74, 6) is 0. The van der Waals surface area contributed by atoms with Gasteiger partial charge < -0.3 is 4.90 Å². The molecule has 0 aromatic heterocycles. The molecule has 0 aliphatic heterocycles. The Hall–Kier alpha value is -7.22.